The van der Waals surface area contributed by atoms with Gasteiger partial charge in [-0.15, -0.1) is 11.8 Å². The van der Waals surface area contributed by atoms with Crippen LogP contribution in [-0.4, -0.2) is 28.8 Å². The van der Waals surface area contributed by atoms with E-state index in [9.17, 15) is 4.79 Å². The summed E-state index contributed by atoms with van der Waals surface area (Å²) in [5.74, 6) is 1.11. The number of rotatable bonds is 4. The van der Waals surface area contributed by atoms with Gasteiger partial charge in [-0.1, -0.05) is 22.9 Å². The number of benzene rings is 2. The molecule has 1 aromatic heterocycles. The van der Waals surface area contributed by atoms with Crippen LogP contribution in [0.15, 0.2) is 45.8 Å². The smallest absolute Gasteiger partial charge is 0.232 e. The van der Waals surface area contributed by atoms with E-state index in [2.05, 4.69) is 43.0 Å². The number of hydrogen-bond donors (Lipinski definition) is 0. The Hall–Kier alpha value is -2.60. The second kappa shape index (κ2) is 7.43. The van der Waals surface area contributed by atoms with E-state index in [0.717, 1.165) is 22.4 Å². The van der Waals surface area contributed by atoms with Crippen LogP contribution in [0.4, 0.5) is 5.69 Å². The van der Waals surface area contributed by atoms with E-state index in [1.807, 2.05) is 35.4 Å². The van der Waals surface area contributed by atoms with E-state index in [0.29, 0.717) is 24.7 Å². The summed E-state index contributed by atoms with van der Waals surface area (Å²) >= 11 is 1.69. The minimum absolute atomic E-state index is 0.0840. The van der Waals surface area contributed by atoms with Crippen molar-refractivity contribution >= 4 is 23.4 Å². The molecule has 0 aliphatic carbocycles. The number of hydrogen-bond acceptors (Lipinski definition) is 5. The van der Waals surface area contributed by atoms with Crippen LogP contribution >= 0.6 is 11.8 Å². The summed E-state index contributed by atoms with van der Waals surface area (Å²) in [6.45, 7) is 6.75. The molecule has 0 radical (unpaired) electrons. The molecule has 0 N–H and O–H groups in total. The summed E-state index contributed by atoms with van der Waals surface area (Å²) in [6, 6.07) is 12.3. The van der Waals surface area contributed by atoms with Crippen molar-refractivity contribution in [2.24, 2.45) is 0 Å². The first-order valence-electron chi connectivity index (χ1n) is 9.32. The van der Waals surface area contributed by atoms with Crippen LogP contribution in [0.1, 0.15) is 34.9 Å². The highest BCUT2D eigenvalue weighted by Crippen LogP contribution is 2.35. The van der Waals surface area contributed by atoms with Crippen molar-refractivity contribution in [1.82, 2.24) is 10.1 Å². The fraction of sp³-hybridized carbons (Fsp3) is 0.318. The van der Waals surface area contributed by atoms with Crippen LogP contribution in [0.3, 0.4) is 0 Å². The van der Waals surface area contributed by atoms with Crippen LogP contribution in [-0.2, 0) is 4.79 Å². The van der Waals surface area contributed by atoms with E-state index < -0.39 is 0 Å². The molecule has 0 saturated carbocycles. The summed E-state index contributed by atoms with van der Waals surface area (Å²) in [5, 5.41) is 4.13. The first-order chi connectivity index (χ1) is 13.5. The van der Waals surface area contributed by atoms with Gasteiger partial charge in [0.25, 0.3) is 0 Å². The normalized spacial score (nSPS) is 16.8. The van der Waals surface area contributed by atoms with Crippen LogP contribution in [0.2, 0.25) is 0 Å². The van der Waals surface area contributed by atoms with Crippen LogP contribution in [0.5, 0.6) is 0 Å². The molecule has 1 saturated heterocycles. The Morgan fingerprint density at radius 2 is 1.79 bits per heavy atom. The Labute approximate surface area is 169 Å². The molecule has 4 rings (SSSR count). The lowest BCUT2D eigenvalue weighted by Crippen LogP contribution is -2.26. The molecule has 2 heterocycles. The molecule has 2 aromatic carbocycles. The topological polar surface area (TPSA) is 59.2 Å². The van der Waals surface area contributed by atoms with Gasteiger partial charge in [0, 0.05) is 29.1 Å². The van der Waals surface area contributed by atoms with Crippen molar-refractivity contribution in [2.75, 3.05) is 17.7 Å². The number of nitrogens with zero attached hydrogens (tertiary/aromatic N) is 3. The molecule has 3 aromatic rings. The molecule has 1 fully saturated rings. The quantitative estimate of drug-likeness (QED) is 0.590. The van der Waals surface area contributed by atoms with Crippen LogP contribution in [0.25, 0.3) is 11.4 Å². The average molecular weight is 394 g/mol. The second-order valence-electron chi connectivity index (χ2n) is 7.34. The van der Waals surface area contributed by atoms with Crippen molar-refractivity contribution in [1.29, 1.82) is 0 Å². The third-order valence-electron chi connectivity index (χ3n) is 5.17. The summed E-state index contributed by atoms with van der Waals surface area (Å²) < 4.78 is 5.53. The fourth-order valence-electron chi connectivity index (χ4n) is 3.95. The zero-order valence-corrected chi connectivity index (χ0v) is 17.3. The SMILES string of the molecule is CSc1ccc(-c2noc(C3CC(=O)N(c4c(C)cc(C)cc4C)C3)n2)cc1. The van der Waals surface area contributed by atoms with Gasteiger partial charge in [-0.3, -0.25) is 4.79 Å². The molecule has 1 amide bonds. The van der Waals surface area contributed by atoms with Crippen molar-refractivity contribution in [3.63, 3.8) is 0 Å². The van der Waals surface area contributed by atoms with Crippen LogP contribution < -0.4 is 4.90 Å². The van der Waals surface area contributed by atoms with Crippen molar-refractivity contribution in [3.05, 3.63) is 59.0 Å². The summed E-state index contributed by atoms with van der Waals surface area (Å²) in [5.41, 5.74) is 5.36. The third kappa shape index (κ3) is 3.44. The number of aryl methyl sites for hydroxylation is 3. The minimum atomic E-state index is -0.0840. The third-order valence-corrected chi connectivity index (χ3v) is 5.91. The maximum atomic E-state index is 12.7. The number of carbonyl (C=O) groups excluding carboxylic acids is 1. The van der Waals surface area contributed by atoms with Gasteiger partial charge in [0.05, 0.1) is 5.92 Å². The van der Waals surface area contributed by atoms with Gasteiger partial charge >= 0.3 is 0 Å². The number of carbonyl (C=O) groups is 1. The summed E-state index contributed by atoms with van der Waals surface area (Å²) in [7, 11) is 0. The first-order valence-corrected chi connectivity index (χ1v) is 10.5. The number of amides is 1. The van der Waals surface area contributed by atoms with Gasteiger partial charge in [-0.2, -0.15) is 4.98 Å². The molecule has 0 spiro atoms. The molecule has 1 atom stereocenters. The number of thioether (sulfide) groups is 1. The van der Waals surface area contributed by atoms with Crippen molar-refractivity contribution < 1.29 is 9.32 Å². The summed E-state index contributed by atoms with van der Waals surface area (Å²) in [6.07, 6.45) is 2.43. The number of aromatic nitrogens is 2. The first kappa shape index (κ1) is 18.7. The van der Waals surface area contributed by atoms with Gasteiger partial charge in [0.2, 0.25) is 17.6 Å². The Balaban J connectivity index is 1.57. The van der Waals surface area contributed by atoms with Gasteiger partial charge in [-0.25, -0.2) is 0 Å². The zero-order valence-electron chi connectivity index (χ0n) is 16.5. The van der Waals surface area contributed by atoms with Crippen LogP contribution in [0, 0.1) is 20.8 Å². The molecule has 1 unspecified atom stereocenters. The van der Waals surface area contributed by atoms with E-state index in [1.54, 1.807) is 11.8 Å². The average Bonchev–Trinajstić information content (AvgIpc) is 3.29. The van der Waals surface area contributed by atoms with E-state index in [-0.39, 0.29) is 11.8 Å². The molecule has 6 heteroatoms. The lowest BCUT2D eigenvalue weighted by atomic mass is 10.0. The van der Waals surface area contributed by atoms with E-state index >= 15 is 0 Å². The molecular formula is C22H23N3O2S. The maximum Gasteiger partial charge on any atom is 0.232 e. The lowest BCUT2D eigenvalue weighted by Gasteiger charge is -2.21. The zero-order chi connectivity index (χ0) is 19.8. The van der Waals surface area contributed by atoms with E-state index in [1.165, 1.54) is 10.5 Å². The highest BCUT2D eigenvalue weighted by atomic mass is 32.2. The molecule has 5 nitrogen and oxygen atoms in total. The van der Waals surface area contributed by atoms with Crippen molar-refractivity contribution in [2.45, 2.75) is 38.0 Å². The maximum absolute atomic E-state index is 12.7. The molecule has 144 valence electrons. The Morgan fingerprint density at radius 3 is 2.43 bits per heavy atom. The summed E-state index contributed by atoms with van der Waals surface area (Å²) in [4.78, 5) is 20.4. The Morgan fingerprint density at radius 1 is 1.11 bits per heavy atom. The van der Waals surface area contributed by atoms with Gasteiger partial charge in [0.1, 0.15) is 0 Å². The highest BCUT2D eigenvalue weighted by Gasteiger charge is 2.36. The van der Waals surface area contributed by atoms with Crippen molar-refractivity contribution in [3.8, 4) is 11.4 Å². The monoisotopic (exact) mass is 393 g/mol. The largest absolute Gasteiger partial charge is 0.339 e. The minimum Gasteiger partial charge on any atom is -0.339 e. The molecule has 1 aliphatic rings. The van der Waals surface area contributed by atoms with Gasteiger partial charge < -0.3 is 9.42 Å². The Bertz CT molecular complexity index is 1000. The fourth-order valence-corrected chi connectivity index (χ4v) is 4.35. The predicted molar refractivity (Wildman–Crippen MR) is 112 cm³/mol. The van der Waals surface area contributed by atoms with Gasteiger partial charge in [0.15, 0.2) is 0 Å². The lowest BCUT2D eigenvalue weighted by molar-refractivity contribution is -0.117. The van der Waals surface area contributed by atoms with E-state index in [4.69, 9.17) is 4.52 Å². The molecule has 1 aliphatic heterocycles. The number of anilines is 1. The predicted octanol–water partition coefficient (Wildman–Crippen LogP) is 4.90. The molecule has 28 heavy (non-hydrogen) atoms. The standard InChI is InChI=1S/C22H23N3O2S/c1-13-9-14(2)20(15(3)10-13)25-12-17(11-19(25)26)22-23-21(24-27-22)16-5-7-18(28-4)8-6-16/h5-10,17H,11-12H2,1-4H3. The Kier molecular flexibility index (Phi) is 4.98. The molecule has 0 bridgehead atoms. The highest BCUT2D eigenvalue weighted by molar-refractivity contribution is 7.98. The van der Waals surface area contributed by atoms with Gasteiger partial charge in [-0.05, 0) is 62.4 Å². The molecular weight excluding hydrogens is 370 g/mol. The second-order valence-corrected chi connectivity index (χ2v) is 8.22.